The number of aromatic nitrogens is 2. The monoisotopic (exact) mass is 343 g/mol. The first-order valence-electron chi connectivity index (χ1n) is 7.30. The lowest BCUT2D eigenvalue weighted by molar-refractivity contribution is 0.475. The summed E-state index contributed by atoms with van der Waals surface area (Å²) in [4.78, 5) is 0.0834. The SMILES string of the molecule is Cc1ccn(-c2ccc(C)c(NS(=O)(=O)c3ccc(O)cc3)c2)n1. The molecule has 0 radical (unpaired) electrons. The Kier molecular flexibility index (Phi) is 4.02. The summed E-state index contributed by atoms with van der Waals surface area (Å²) in [5, 5.41) is 13.6. The highest BCUT2D eigenvalue weighted by atomic mass is 32.2. The summed E-state index contributed by atoms with van der Waals surface area (Å²) < 4.78 is 29.3. The summed E-state index contributed by atoms with van der Waals surface area (Å²) in [6.07, 6.45) is 1.82. The van der Waals surface area contributed by atoms with Crippen molar-refractivity contribution >= 4 is 15.7 Å². The van der Waals surface area contributed by atoms with E-state index in [0.717, 1.165) is 16.9 Å². The van der Waals surface area contributed by atoms with Crippen LogP contribution < -0.4 is 4.72 Å². The third-order valence-electron chi connectivity index (χ3n) is 3.60. The van der Waals surface area contributed by atoms with Gasteiger partial charge in [-0.05, 0) is 61.9 Å². The van der Waals surface area contributed by atoms with Crippen LogP contribution in [0.5, 0.6) is 5.75 Å². The van der Waals surface area contributed by atoms with E-state index in [0.29, 0.717) is 5.69 Å². The van der Waals surface area contributed by atoms with E-state index in [4.69, 9.17) is 0 Å². The summed E-state index contributed by atoms with van der Waals surface area (Å²) >= 11 is 0. The van der Waals surface area contributed by atoms with E-state index >= 15 is 0 Å². The second kappa shape index (κ2) is 6.01. The van der Waals surface area contributed by atoms with E-state index in [9.17, 15) is 13.5 Å². The highest BCUT2D eigenvalue weighted by molar-refractivity contribution is 7.92. The molecule has 0 saturated heterocycles. The van der Waals surface area contributed by atoms with Crippen molar-refractivity contribution in [3.05, 3.63) is 66.0 Å². The minimum absolute atomic E-state index is 0.0150. The maximum absolute atomic E-state index is 12.5. The number of aryl methyl sites for hydroxylation is 2. The average molecular weight is 343 g/mol. The minimum Gasteiger partial charge on any atom is -0.508 e. The third kappa shape index (κ3) is 3.26. The highest BCUT2D eigenvalue weighted by Crippen LogP contribution is 2.23. The van der Waals surface area contributed by atoms with Gasteiger partial charge in [0.15, 0.2) is 0 Å². The molecule has 0 aliphatic rings. The van der Waals surface area contributed by atoms with Crippen molar-refractivity contribution in [2.24, 2.45) is 0 Å². The molecule has 0 aliphatic heterocycles. The molecule has 2 aromatic carbocycles. The van der Waals surface area contributed by atoms with Crippen molar-refractivity contribution in [1.82, 2.24) is 9.78 Å². The Balaban J connectivity index is 1.96. The van der Waals surface area contributed by atoms with Gasteiger partial charge in [-0.25, -0.2) is 13.1 Å². The molecule has 3 aromatic rings. The first-order chi connectivity index (χ1) is 11.3. The Bertz CT molecular complexity index is 977. The Morgan fingerprint density at radius 1 is 1.04 bits per heavy atom. The van der Waals surface area contributed by atoms with Gasteiger partial charge in [0.05, 0.1) is 22.0 Å². The maximum Gasteiger partial charge on any atom is 0.261 e. The first kappa shape index (κ1) is 16.1. The predicted octanol–water partition coefficient (Wildman–Crippen LogP) is 3.00. The predicted molar refractivity (Wildman–Crippen MR) is 92.0 cm³/mol. The summed E-state index contributed by atoms with van der Waals surface area (Å²) in [7, 11) is -3.74. The van der Waals surface area contributed by atoms with Crippen LogP contribution in [0, 0.1) is 13.8 Å². The molecule has 0 bridgehead atoms. The molecule has 1 aromatic heterocycles. The number of hydrogen-bond donors (Lipinski definition) is 2. The van der Waals surface area contributed by atoms with Gasteiger partial charge in [-0.3, -0.25) is 4.72 Å². The van der Waals surface area contributed by atoms with Gasteiger partial charge in [-0.1, -0.05) is 6.07 Å². The van der Waals surface area contributed by atoms with Crippen LogP contribution in [-0.4, -0.2) is 23.3 Å². The van der Waals surface area contributed by atoms with Crippen LogP contribution in [0.3, 0.4) is 0 Å². The molecule has 24 heavy (non-hydrogen) atoms. The van der Waals surface area contributed by atoms with Crippen LogP contribution in [0.4, 0.5) is 5.69 Å². The average Bonchev–Trinajstić information content (AvgIpc) is 2.96. The fourth-order valence-corrected chi connectivity index (χ4v) is 3.37. The van der Waals surface area contributed by atoms with E-state index in [-0.39, 0.29) is 10.6 Å². The van der Waals surface area contributed by atoms with Crippen LogP contribution >= 0.6 is 0 Å². The van der Waals surface area contributed by atoms with Crippen molar-refractivity contribution in [2.75, 3.05) is 4.72 Å². The first-order valence-corrected chi connectivity index (χ1v) is 8.79. The molecule has 0 spiro atoms. The molecule has 3 rings (SSSR count). The lowest BCUT2D eigenvalue weighted by Gasteiger charge is -2.12. The smallest absolute Gasteiger partial charge is 0.261 e. The molecule has 0 fully saturated rings. The van der Waals surface area contributed by atoms with Crippen LogP contribution in [0.1, 0.15) is 11.3 Å². The Morgan fingerprint density at radius 2 is 1.75 bits per heavy atom. The van der Waals surface area contributed by atoms with Gasteiger partial charge in [-0.2, -0.15) is 5.10 Å². The maximum atomic E-state index is 12.5. The van der Waals surface area contributed by atoms with Crippen molar-refractivity contribution in [1.29, 1.82) is 0 Å². The van der Waals surface area contributed by atoms with Crippen LogP contribution in [0.2, 0.25) is 0 Å². The topological polar surface area (TPSA) is 84.2 Å². The zero-order valence-electron chi connectivity index (χ0n) is 13.3. The van der Waals surface area contributed by atoms with Crippen molar-refractivity contribution in [3.8, 4) is 11.4 Å². The van der Waals surface area contributed by atoms with Gasteiger partial charge >= 0.3 is 0 Å². The molecule has 6 nitrogen and oxygen atoms in total. The lowest BCUT2D eigenvalue weighted by Crippen LogP contribution is -2.14. The Hall–Kier alpha value is -2.80. The van der Waals surface area contributed by atoms with Gasteiger partial charge in [0, 0.05) is 6.20 Å². The molecule has 0 amide bonds. The number of phenols is 1. The molecular weight excluding hydrogens is 326 g/mol. The van der Waals surface area contributed by atoms with Crippen molar-refractivity contribution in [3.63, 3.8) is 0 Å². The molecule has 0 atom stereocenters. The van der Waals surface area contributed by atoms with E-state index in [1.807, 2.05) is 38.2 Å². The molecule has 124 valence electrons. The normalized spacial score (nSPS) is 11.4. The number of anilines is 1. The summed E-state index contributed by atoms with van der Waals surface area (Å²) in [5.41, 5.74) is 2.91. The third-order valence-corrected chi connectivity index (χ3v) is 4.98. The number of nitrogens with zero attached hydrogens (tertiary/aromatic N) is 2. The fourth-order valence-electron chi connectivity index (χ4n) is 2.25. The van der Waals surface area contributed by atoms with Crippen molar-refractivity contribution < 1.29 is 13.5 Å². The highest BCUT2D eigenvalue weighted by Gasteiger charge is 2.16. The van der Waals surface area contributed by atoms with Gasteiger partial charge < -0.3 is 5.11 Å². The molecule has 0 saturated carbocycles. The van der Waals surface area contributed by atoms with E-state index in [2.05, 4.69) is 9.82 Å². The second-order valence-electron chi connectivity index (χ2n) is 5.50. The zero-order chi connectivity index (χ0) is 17.3. The largest absolute Gasteiger partial charge is 0.508 e. The number of aromatic hydroxyl groups is 1. The van der Waals surface area contributed by atoms with E-state index in [1.165, 1.54) is 24.3 Å². The molecule has 0 aliphatic carbocycles. The van der Waals surface area contributed by atoms with Crippen LogP contribution in [-0.2, 0) is 10.0 Å². The van der Waals surface area contributed by atoms with Crippen LogP contribution in [0.25, 0.3) is 5.69 Å². The number of sulfonamides is 1. The number of hydrogen-bond acceptors (Lipinski definition) is 4. The Labute approximate surface area is 140 Å². The van der Waals surface area contributed by atoms with Gasteiger partial charge in [0.25, 0.3) is 10.0 Å². The fraction of sp³-hybridized carbons (Fsp3) is 0.118. The minimum atomic E-state index is -3.74. The summed E-state index contributed by atoms with van der Waals surface area (Å²) in [6.45, 7) is 3.71. The quantitative estimate of drug-likeness (QED) is 0.763. The lowest BCUT2D eigenvalue weighted by atomic mass is 10.2. The number of nitrogens with one attached hydrogen (secondary N) is 1. The number of phenolic OH excluding ortho intramolecular Hbond substituents is 1. The molecule has 7 heteroatoms. The number of benzene rings is 2. The Morgan fingerprint density at radius 3 is 2.38 bits per heavy atom. The van der Waals surface area contributed by atoms with Crippen LogP contribution in [0.15, 0.2) is 59.6 Å². The van der Waals surface area contributed by atoms with Gasteiger partial charge in [0.2, 0.25) is 0 Å². The van der Waals surface area contributed by atoms with Gasteiger partial charge in [0.1, 0.15) is 5.75 Å². The van der Waals surface area contributed by atoms with Gasteiger partial charge in [-0.15, -0.1) is 0 Å². The summed E-state index contributed by atoms with van der Waals surface area (Å²) in [6, 6.07) is 12.7. The molecule has 2 N–H and O–H groups in total. The molecule has 0 unspecified atom stereocenters. The standard InChI is InChI=1S/C17H17N3O3S/c1-12-3-4-14(20-10-9-13(2)18-20)11-17(12)19-24(22,23)16-7-5-15(21)6-8-16/h3-11,19,21H,1-2H3. The van der Waals surface area contributed by atoms with E-state index in [1.54, 1.807) is 10.7 Å². The second-order valence-corrected chi connectivity index (χ2v) is 7.18. The zero-order valence-corrected chi connectivity index (χ0v) is 14.1. The number of rotatable bonds is 4. The van der Waals surface area contributed by atoms with E-state index < -0.39 is 10.0 Å². The molecular formula is C17H17N3O3S. The van der Waals surface area contributed by atoms with Crippen molar-refractivity contribution in [2.45, 2.75) is 18.7 Å². The summed E-state index contributed by atoms with van der Waals surface area (Å²) in [5.74, 6) is 0.0150. The molecule has 1 heterocycles.